The predicted octanol–water partition coefficient (Wildman–Crippen LogP) is 1.56. The van der Waals surface area contributed by atoms with Crippen LogP contribution in [0.2, 0.25) is 0 Å². The second kappa shape index (κ2) is 9.25. The van der Waals surface area contributed by atoms with Gasteiger partial charge in [-0.15, -0.1) is 0 Å². The van der Waals surface area contributed by atoms with Crippen molar-refractivity contribution in [2.45, 2.75) is 64.4 Å². The van der Waals surface area contributed by atoms with Crippen molar-refractivity contribution >= 4 is 17.7 Å². The highest BCUT2D eigenvalue weighted by atomic mass is 16.5. The summed E-state index contributed by atoms with van der Waals surface area (Å²) in [6.07, 6.45) is 5.35. The van der Waals surface area contributed by atoms with Gasteiger partial charge in [-0.05, 0) is 38.5 Å². The van der Waals surface area contributed by atoms with E-state index >= 15 is 0 Å². The Hall–Kier alpha value is -1.63. The van der Waals surface area contributed by atoms with Gasteiger partial charge in [-0.25, -0.2) is 0 Å². The van der Waals surface area contributed by atoms with E-state index in [-0.39, 0.29) is 36.2 Å². The van der Waals surface area contributed by atoms with E-state index in [9.17, 15) is 14.4 Å². The molecule has 0 aromatic carbocycles. The zero-order valence-electron chi connectivity index (χ0n) is 17.4. The molecule has 0 aromatic rings. The topological polar surface area (TPSA) is 79.0 Å². The molecule has 1 aliphatic carbocycles. The molecule has 158 valence electrons. The van der Waals surface area contributed by atoms with Gasteiger partial charge in [0.05, 0.1) is 12.2 Å². The summed E-state index contributed by atoms with van der Waals surface area (Å²) in [6.45, 7) is 7.83. The van der Waals surface area contributed by atoms with E-state index in [4.69, 9.17) is 4.74 Å². The lowest BCUT2D eigenvalue weighted by Crippen LogP contribution is -2.58. The Kier molecular flexibility index (Phi) is 6.96. The van der Waals surface area contributed by atoms with E-state index in [0.717, 1.165) is 32.1 Å². The smallest absolute Gasteiger partial charge is 0.226 e. The molecule has 2 heterocycles. The van der Waals surface area contributed by atoms with E-state index in [1.807, 2.05) is 16.7 Å². The largest absolute Gasteiger partial charge is 0.371 e. The highest BCUT2D eigenvalue weighted by Crippen LogP contribution is 2.44. The molecule has 1 saturated carbocycles. The predicted molar refractivity (Wildman–Crippen MR) is 105 cm³/mol. The van der Waals surface area contributed by atoms with Gasteiger partial charge >= 0.3 is 0 Å². The molecular weight excluding hydrogens is 358 g/mol. The molecule has 2 saturated heterocycles. The Morgan fingerprint density at radius 3 is 2.50 bits per heavy atom. The van der Waals surface area contributed by atoms with Crippen molar-refractivity contribution in [2.24, 2.45) is 11.8 Å². The van der Waals surface area contributed by atoms with Gasteiger partial charge in [0.15, 0.2) is 0 Å². The minimum Gasteiger partial charge on any atom is -0.371 e. The minimum atomic E-state index is -0.306. The quantitative estimate of drug-likeness (QED) is 0.712. The van der Waals surface area contributed by atoms with E-state index in [2.05, 4.69) is 12.2 Å². The number of hydrogen-bond donors (Lipinski definition) is 1. The first kappa shape index (κ1) is 21.1. The van der Waals surface area contributed by atoms with Crippen molar-refractivity contribution in [1.82, 2.24) is 15.1 Å². The second-order valence-electron chi connectivity index (χ2n) is 8.52. The Morgan fingerprint density at radius 2 is 1.82 bits per heavy atom. The number of piperidine rings is 1. The van der Waals surface area contributed by atoms with Crippen LogP contribution in [0.3, 0.4) is 0 Å². The summed E-state index contributed by atoms with van der Waals surface area (Å²) in [5, 5.41) is 2.72. The van der Waals surface area contributed by atoms with E-state index < -0.39 is 0 Å². The van der Waals surface area contributed by atoms with Crippen LogP contribution in [0.1, 0.15) is 58.8 Å². The van der Waals surface area contributed by atoms with Crippen LogP contribution in [-0.2, 0) is 19.1 Å². The zero-order chi connectivity index (χ0) is 20.1. The SMILES string of the molecule is CCC[C@@H]1C[C@H]1C(=O)N1CCOC2(CCN(C(=O)CCC(=O)NCC)CC2)C1. The summed E-state index contributed by atoms with van der Waals surface area (Å²) < 4.78 is 6.12. The molecule has 0 unspecified atom stereocenters. The molecule has 1 N–H and O–H groups in total. The summed E-state index contributed by atoms with van der Waals surface area (Å²) in [7, 11) is 0. The summed E-state index contributed by atoms with van der Waals surface area (Å²) in [5.74, 6) is 1.08. The fraction of sp³-hybridized carbons (Fsp3) is 0.857. The van der Waals surface area contributed by atoms with Crippen LogP contribution in [0, 0.1) is 11.8 Å². The fourth-order valence-electron chi connectivity index (χ4n) is 4.64. The van der Waals surface area contributed by atoms with Crippen LogP contribution in [0.15, 0.2) is 0 Å². The van der Waals surface area contributed by atoms with Crippen LogP contribution in [-0.4, -0.2) is 72.5 Å². The number of nitrogens with one attached hydrogen (secondary N) is 1. The van der Waals surface area contributed by atoms with Gasteiger partial charge in [0, 0.05) is 51.5 Å². The number of likely N-dealkylation sites (tertiary alicyclic amines) is 1. The minimum absolute atomic E-state index is 0.0326. The lowest BCUT2D eigenvalue weighted by Gasteiger charge is -2.47. The third kappa shape index (κ3) is 5.04. The normalized spacial score (nSPS) is 26.2. The maximum Gasteiger partial charge on any atom is 0.226 e. The summed E-state index contributed by atoms with van der Waals surface area (Å²) in [5.41, 5.74) is -0.306. The van der Waals surface area contributed by atoms with Crippen LogP contribution >= 0.6 is 0 Å². The fourth-order valence-corrected chi connectivity index (χ4v) is 4.64. The standard InChI is InChI=1S/C21H35N3O4/c1-3-5-16-14-17(16)20(27)24-12-13-28-21(15-24)8-10-23(11-9-21)19(26)7-6-18(25)22-4-2/h16-17H,3-15H2,1-2H3,(H,22,25)/t16-,17-/m1/s1. The van der Waals surface area contributed by atoms with Crippen LogP contribution in [0.4, 0.5) is 0 Å². The van der Waals surface area contributed by atoms with Gasteiger partial charge in [0.2, 0.25) is 17.7 Å². The molecule has 0 aromatic heterocycles. The number of morpholine rings is 1. The molecule has 7 nitrogen and oxygen atoms in total. The molecule has 1 spiro atoms. The molecule has 0 bridgehead atoms. The lowest BCUT2D eigenvalue weighted by molar-refractivity contribution is -0.164. The molecule has 2 atom stereocenters. The molecule has 3 rings (SSSR count). The number of ether oxygens (including phenoxy) is 1. The Balaban J connectivity index is 1.46. The maximum atomic E-state index is 12.8. The highest BCUT2D eigenvalue weighted by molar-refractivity contribution is 5.84. The first-order chi connectivity index (χ1) is 13.5. The molecule has 0 radical (unpaired) electrons. The van der Waals surface area contributed by atoms with Crippen molar-refractivity contribution in [3.05, 3.63) is 0 Å². The van der Waals surface area contributed by atoms with Crippen molar-refractivity contribution < 1.29 is 19.1 Å². The monoisotopic (exact) mass is 393 g/mol. The van der Waals surface area contributed by atoms with Gasteiger partial charge < -0.3 is 19.9 Å². The third-order valence-electron chi connectivity index (χ3n) is 6.43. The van der Waals surface area contributed by atoms with Crippen molar-refractivity contribution in [2.75, 3.05) is 39.3 Å². The summed E-state index contributed by atoms with van der Waals surface area (Å²) in [4.78, 5) is 40.6. The average molecular weight is 394 g/mol. The zero-order valence-corrected chi connectivity index (χ0v) is 17.4. The van der Waals surface area contributed by atoms with Crippen molar-refractivity contribution in [3.63, 3.8) is 0 Å². The number of rotatable bonds is 7. The van der Waals surface area contributed by atoms with Crippen LogP contribution in [0.25, 0.3) is 0 Å². The van der Waals surface area contributed by atoms with E-state index in [1.165, 1.54) is 0 Å². The molecular formula is C21H35N3O4. The molecule has 2 aliphatic heterocycles. The molecule has 3 aliphatic rings. The van der Waals surface area contributed by atoms with Crippen molar-refractivity contribution in [1.29, 1.82) is 0 Å². The number of carbonyl (C=O) groups is 3. The first-order valence-electron chi connectivity index (χ1n) is 10.9. The van der Waals surface area contributed by atoms with Crippen LogP contribution < -0.4 is 5.32 Å². The van der Waals surface area contributed by atoms with E-state index in [1.54, 1.807) is 0 Å². The summed E-state index contributed by atoms with van der Waals surface area (Å²) >= 11 is 0. The molecule has 3 fully saturated rings. The summed E-state index contributed by atoms with van der Waals surface area (Å²) in [6, 6.07) is 0. The number of hydrogen-bond acceptors (Lipinski definition) is 4. The third-order valence-corrected chi connectivity index (χ3v) is 6.43. The molecule has 3 amide bonds. The molecule has 7 heteroatoms. The van der Waals surface area contributed by atoms with E-state index in [0.29, 0.717) is 51.2 Å². The number of nitrogens with zero attached hydrogens (tertiary/aromatic N) is 2. The Bertz CT molecular complexity index is 586. The van der Waals surface area contributed by atoms with Crippen molar-refractivity contribution in [3.8, 4) is 0 Å². The maximum absolute atomic E-state index is 12.8. The number of carbonyl (C=O) groups excluding carboxylic acids is 3. The van der Waals surface area contributed by atoms with Gasteiger partial charge in [0.25, 0.3) is 0 Å². The van der Waals surface area contributed by atoms with Gasteiger partial charge in [-0.1, -0.05) is 13.3 Å². The Labute approximate surface area is 168 Å². The first-order valence-corrected chi connectivity index (χ1v) is 10.9. The van der Waals surface area contributed by atoms with Gasteiger partial charge in [0.1, 0.15) is 0 Å². The van der Waals surface area contributed by atoms with Gasteiger partial charge in [-0.3, -0.25) is 14.4 Å². The second-order valence-corrected chi connectivity index (χ2v) is 8.52. The lowest BCUT2D eigenvalue weighted by atomic mass is 9.89. The van der Waals surface area contributed by atoms with Crippen LogP contribution in [0.5, 0.6) is 0 Å². The molecule has 28 heavy (non-hydrogen) atoms. The average Bonchev–Trinajstić information content (AvgIpc) is 3.46. The number of amides is 3. The Morgan fingerprint density at radius 1 is 1.07 bits per heavy atom. The van der Waals surface area contributed by atoms with Gasteiger partial charge in [-0.2, -0.15) is 0 Å². The highest BCUT2D eigenvalue weighted by Gasteiger charge is 2.47.